The van der Waals surface area contributed by atoms with Crippen LogP contribution in [0.1, 0.15) is 31.0 Å². The van der Waals surface area contributed by atoms with Crippen LogP contribution in [-0.2, 0) is 5.75 Å². The lowest BCUT2D eigenvalue weighted by Crippen LogP contribution is -2.34. The molecular weight excluding hydrogens is 273 g/mol. The Labute approximate surface area is 117 Å². The van der Waals surface area contributed by atoms with Crippen LogP contribution in [-0.4, -0.2) is 12.3 Å². The number of benzene rings is 1. The predicted octanol–water partition coefficient (Wildman–Crippen LogP) is 4.53. The lowest BCUT2D eigenvalue weighted by Gasteiger charge is -2.36. The van der Waals surface area contributed by atoms with Gasteiger partial charge in [-0.05, 0) is 30.2 Å². The molecule has 0 spiro atoms. The van der Waals surface area contributed by atoms with E-state index in [0.29, 0.717) is 22.2 Å². The van der Waals surface area contributed by atoms with Crippen molar-refractivity contribution in [3.63, 3.8) is 0 Å². The summed E-state index contributed by atoms with van der Waals surface area (Å²) < 4.78 is 0. The zero-order valence-electron chi connectivity index (χ0n) is 10.3. The summed E-state index contributed by atoms with van der Waals surface area (Å²) >= 11 is 14.3. The quantitative estimate of drug-likeness (QED) is 0.859. The predicted molar refractivity (Wildman–Crippen MR) is 78.2 cm³/mol. The van der Waals surface area contributed by atoms with Crippen molar-refractivity contribution in [1.29, 1.82) is 0 Å². The number of fused-ring (bicyclic) bond motifs is 1. The Kier molecular flexibility index (Phi) is 4.30. The highest BCUT2D eigenvalue weighted by molar-refractivity contribution is 7.99. The van der Waals surface area contributed by atoms with Crippen LogP contribution in [0.25, 0.3) is 0 Å². The summed E-state index contributed by atoms with van der Waals surface area (Å²) in [5.41, 5.74) is 2.50. The van der Waals surface area contributed by atoms with Gasteiger partial charge < -0.3 is 5.32 Å². The van der Waals surface area contributed by atoms with E-state index >= 15 is 0 Å². The van der Waals surface area contributed by atoms with Gasteiger partial charge in [0.2, 0.25) is 0 Å². The summed E-state index contributed by atoms with van der Waals surface area (Å²) in [5, 5.41) is 5.38. The second-order valence-corrected chi connectivity index (χ2v) is 6.67. The molecule has 0 bridgehead atoms. The number of halogens is 2. The highest BCUT2D eigenvalue weighted by Crippen LogP contribution is 2.44. The molecule has 0 saturated carbocycles. The monoisotopic (exact) mass is 289 g/mol. The fraction of sp³-hybridized carbons (Fsp3) is 0.538. The van der Waals surface area contributed by atoms with E-state index in [2.05, 4.69) is 25.2 Å². The van der Waals surface area contributed by atoms with E-state index in [-0.39, 0.29) is 0 Å². The van der Waals surface area contributed by atoms with Crippen molar-refractivity contribution < 1.29 is 0 Å². The van der Waals surface area contributed by atoms with Crippen LogP contribution in [0.3, 0.4) is 0 Å². The normalized spacial score (nSPS) is 23.9. The van der Waals surface area contributed by atoms with Gasteiger partial charge in [0.25, 0.3) is 0 Å². The van der Waals surface area contributed by atoms with Gasteiger partial charge in [-0.1, -0.05) is 43.1 Å². The fourth-order valence-corrected chi connectivity index (χ4v) is 4.42. The van der Waals surface area contributed by atoms with Crippen molar-refractivity contribution >= 4 is 35.0 Å². The van der Waals surface area contributed by atoms with Crippen molar-refractivity contribution in [1.82, 2.24) is 5.32 Å². The van der Waals surface area contributed by atoms with Gasteiger partial charge in [-0.25, -0.2) is 0 Å². The summed E-state index contributed by atoms with van der Waals surface area (Å²) in [4.78, 5) is 0. The lowest BCUT2D eigenvalue weighted by atomic mass is 9.92. The smallest absolute Gasteiger partial charge is 0.0636 e. The fourth-order valence-electron chi connectivity index (χ4n) is 2.40. The van der Waals surface area contributed by atoms with Gasteiger partial charge >= 0.3 is 0 Å². The van der Waals surface area contributed by atoms with Crippen LogP contribution in [0.4, 0.5) is 0 Å². The summed E-state index contributed by atoms with van der Waals surface area (Å²) in [5.74, 6) is 1.59. The van der Waals surface area contributed by atoms with E-state index in [1.165, 1.54) is 11.1 Å². The van der Waals surface area contributed by atoms with Gasteiger partial charge in [0.1, 0.15) is 0 Å². The maximum Gasteiger partial charge on any atom is 0.0636 e. The van der Waals surface area contributed by atoms with E-state index < -0.39 is 0 Å². The van der Waals surface area contributed by atoms with Gasteiger partial charge in [-0.15, -0.1) is 0 Å². The van der Waals surface area contributed by atoms with Crippen LogP contribution in [0.2, 0.25) is 10.0 Å². The first kappa shape index (κ1) is 13.5. The summed E-state index contributed by atoms with van der Waals surface area (Å²) in [6.45, 7) is 4.54. The first-order valence-corrected chi connectivity index (χ1v) is 7.62. The first-order valence-electron chi connectivity index (χ1n) is 5.82. The first-order chi connectivity index (χ1) is 8.06. The molecule has 0 aliphatic carbocycles. The highest BCUT2D eigenvalue weighted by Gasteiger charge is 2.32. The topological polar surface area (TPSA) is 12.0 Å². The molecule has 2 atom stereocenters. The molecule has 94 valence electrons. The van der Waals surface area contributed by atoms with E-state index in [0.717, 1.165) is 10.8 Å². The van der Waals surface area contributed by atoms with E-state index in [1.807, 2.05) is 24.9 Å². The zero-order valence-corrected chi connectivity index (χ0v) is 12.6. The van der Waals surface area contributed by atoms with Crippen molar-refractivity contribution in [3.8, 4) is 0 Å². The van der Waals surface area contributed by atoms with Crippen LogP contribution in [0.5, 0.6) is 0 Å². The van der Waals surface area contributed by atoms with Gasteiger partial charge in [0.15, 0.2) is 0 Å². The van der Waals surface area contributed by atoms with E-state index in [4.69, 9.17) is 23.2 Å². The van der Waals surface area contributed by atoms with Gasteiger partial charge in [-0.3, -0.25) is 0 Å². The zero-order chi connectivity index (χ0) is 12.6. The molecule has 4 heteroatoms. The van der Waals surface area contributed by atoms with Crippen LogP contribution >= 0.6 is 35.0 Å². The maximum absolute atomic E-state index is 6.29. The number of thioether (sulfide) groups is 1. The Morgan fingerprint density at radius 2 is 2.06 bits per heavy atom. The largest absolute Gasteiger partial charge is 0.312 e. The molecule has 2 rings (SSSR count). The third-order valence-corrected chi connectivity index (χ3v) is 5.78. The Bertz CT molecular complexity index is 420. The molecule has 0 amide bonds. The number of nitrogens with one attached hydrogen (secondary N) is 1. The Morgan fingerprint density at radius 1 is 1.35 bits per heavy atom. The maximum atomic E-state index is 6.29. The van der Waals surface area contributed by atoms with Gasteiger partial charge in [0.05, 0.1) is 10.0 Å². The molecule has 2 unspecified atom stereocenters. The third-order valence-electron chi connectivity index (χ3n) is 3.28. The molecule has 0 saturated heterocycles. The molecule has 0 radical (unpaired) electrons. The van der Waals surface area contributed by atoms with Crippen LogP contribution in [0, 0.1) is 5.92 Å². The molecule has 17 heavy (non-hydrogen) atoms. The Hall–Kier alpha value is 0.110. The third kappa shape index (κ3) is 2.46. The Balaban J connectivity index is 2.46. The van der Waals surface area contributed by atoms with Crippen LogP contribution < -0.4 is 5.32 Å². The molecule has 1 heterocycles. The molecule has 0 aromatic heterocycles. The number of hydrogen-bond acceptors (Lipinski definition) is 2. The van der Waals surface area contributed by atoms with Crippen LogP contribution in [0.15, 0.2) is 12.1 Å². The number of hydrogen-bond donors (Lipinski definition) is 1. The molecule has 1 aromatic rings. The minimum absolute atomic E-state index is 0.360. The molecule has 1 aliphatic rings. The van der Waals surface area contributed by atoms with Crippen molar-refractivity contribution in [2.75, 3.05) is 7.05 Å². The molecule has 0 fully saturated rings. The average Bonchev–Trinajstić information content (AvgIpc) is 2.32. The lowest BCUT2D eigenvalue weighted by molar-refractivity contribution is 0.466. The van der Waals surface area contributed by atoms with E-state index in [1.54, 1.807) is 0 Å². The summed E-state index contributed by atoms with van der Waals surface area (Å²) in [6, 6.07) is 4.37. The second-order valence-electron chi connectivity index (χ2n) is 4.72. The molecule has 1 nitrogen and oxygen atoms in total. The second kappa shape index (κ2) is 5.40. The average molecular weight is 290 g/mol. The molecule has 1 aliphatic heterocycles. The van der Waals surface area contributed by atoms with Crippen molar-refractivity contribution in [3.05, 3.63) is 33.3 Å². The highest BCUT2D eigenvalue weighted by atomic mass is 35.5. The summed E-state index contributed by atoms with van der Waals surface area (Å²) in [7, 11) is 2.01. The number of rotatable bonds is 2. The SMILES string of the molecule is CNC1c2ccc(Cl)c(Cl)c2CSC1C(C)C. The van der Waals surface area contributed by atoms with Gasteiger partial charge in [-0.2, -0.15) is 11.8 Å². The van der Waals surface area contributed by atoms with Crippen molar-refractivity contribution in [2.45, 2.75) is 30.9 Å². The molecule has 1 N–H and O–H groups in total. The Morgan fingerprint density at radius 3 is 2.65 bits per heavy atom. The standard InChI is InChI=1S/C13H17Cl2NS/c1-7(2)13-12(16-3)8-4-5-10(14)11(15)9(8)6-17-13/h4-5,7,12-13,16H,6H2,1-3H3. The van der Waals surface area contributed by atoms with Crippen molar-refractivity contribution in [2.24, 2.45) is 5.92 Å². The van der Waals surface area contributed by atoms with E-state index in [9.17, 15) is 0 Å². The minimum Gasteiger partial charge on any atom is -0.312 e. The summed E-state index contributed by atoms with van der Waals surface area (Å²) in [6.07, 6.45) is 0. The van der Waals surface area contributed by atoms with Gasteiger partial charge in [0, 0.05) is 17.0 Å². The molecule has 1 aromatic carbocycles. The minimum atomic E-state index is 0.360. The molecular formula is C13H17Cl2NS.